The van der Waals surface area contributed by atoms with Crippen molar-refractivity contribution < 1.29 is 37.3 Å². The summed E-state index contributed by atoms with van der Waals surface area (Å²) in [5.74, 6) is -0.636. The van der Waals surface area contributed by atoms with Gasteiger partial charge in [-0.05, 0) is 109 Å². The second kappa shape index (κ2) is 25.0. The highest BCUT2D eigenvalue weighted by atomic mass is 35.5. The Kier molecular flexibility index (Phi) is 20.7. The average molecular weight is 1060 g/mol. The zero-order chi connectivity index (χ0) is 52.4. The van der Waals surface area contributed by atoms with Gasteiger partial charge in [0, 0.05) is 42.0 Å². The van der Waals surface area contributed by atoms with Crippen molar-refractivity contribution in [2.45, 2.75) is 178 Å². The van der Waals surface area contributed by atoms with Crippen LogP contribution in [0.2, 0.25) is 53.9 Å². The van der Waals surface area contributed by atoms with Crippen molar-refractivity contribution in [3.63, 3.8) is 0 Å². The fourth-order valence-electron chi connectivity index (χ4n) is 8.90. The Hall–Kier alpha value is -3.02. The lowest BCUT2D eigenvalue weighted by molar-refractivity contribution is -0.152. The molecule has 0 N–H and O–H groups in total. The van der Waals surface area contributed by atoms with Gasteiger partial charge < -0.3 is 32.5 Å². The fraction of sp³-hybridized carbons (Fsp3) is 0.534. The molecule has 8 nitrogen and oxygen atoms in total. The topological polar surface area (TPSA) is 81.7 Å². The number of hydrogen-bond acceptors (Lipinski definition) is 9. The number of esters is 1. The zero-order valence-corrected chi connectivity index (χ0v) is 50.3. The molecule has 4 aromatic carbocycles. The van der Waals surface area contributed by atoms with Gasteiger partial charge in [-0.15, -0.1) is 11.8 Å². The van der Waals surface area contributed by atoms with Gasteiger partial charge in [0.15, 0.2) is 20.9 Å². The number of carbonyl (C=O) groups is 1. The summed E-state index contributed by atoms with van der Waals surface area (Å²) in [4.78, 5) is 14.8. The predicted molar refractivity (Wildman–Crippen MR) is 303 cm³/mol. The smallest absolute Gasteiger partial charge is 0.310 e. The molecule has 1 aliphatic heterocycles. The van der Waals surface area contributed by atoms with Crippen LogP contribution in [0.4, 0.5) is 0 Å². The van der Waals surface area contributed by atoms with Crippen LogP contribution in [-0.2, 0) is 39.0 Å². The second-order valence-electron chi connectivity index (χ2n) is 23.4. The Morgan fingerprint density at radius 2 is 1.38 bits per heavy atom. The van der Waals surface area contributed by atoms with Crippen LogP contribution in [0.1, 0.15) is 98.5 Å². The van der Waals surface area contributed by atoms with Gasteiger partial charge in [0.2, 0.25) is 0 Å². The van der Waals surface area contributed by atoms with E-state index in [0.29, 0.717) is 30.2 Å². The van der Waals surface area contributed by atoms with Crippen molar-refractivity contribution in [2.24, 2.45) is 5.92 Å². The van der Waals surface area contributed by atoms with Crippen LogP contribution in [0.25, 0.3) is 0 Å². The summed E-state index contributed by atoms with van der Waals surface area (Å²) in [6, 6.07) is 36.6. The molecule has 1 fully saturated rings. The minimum atomic E-state index is -2.82. The van der Waals surface area contributed by atoms with E-state index in [2.05, 4.69) is 173 Å². The van der Waals surface area contributed by atoms with Gasteiger partial charge in [0.05, 0.1) is 25.2 Å². The molecule has 1 heterocycles. The summed E-state index contributed by atoms with van der Waals surface area (Å²) in [6.45, 7) is 34.1. The lowest BCUT2D eigenvalue weighted by Crippen LogP contribution is -2.67. The Labute approximate surface area is 440 Å². The van der Waals surface area contributed by atoms with Gasteiger partial charge in [-0.3, -0.25) is 4.79 Å². The Morgan fingerprint density at radius 1 is 0.803 bits per heavy atom. The van der Waals surface area contributed by atoms with Crippen LogP contribution in [0.15, 0.2) is 120 Å². The summed E-state index contributed by atoms with van der Waals surface area (Å²) in [7, 11) is -5.04. The zero-order valence-electron chi connectivity index (χ0n) is 45.7. The van der Waals surface area contributed by atoms with E-state index < -0.39 is 42.7 Å². The minimum Gasteiger partial charge on any atom is -0.467 e. The summed E-state index contributed by atoms with van der Waals surface area (Å²) in [6.07, 6.45) is 4.56. The first-order chi connectivity index (χ1) is 33.2. The molecule has 0 radical (unpaired) electrons. The molecule has 0 saturated carbocycles. The lowest BCUT2D eigenvalue weighted by Gasteiger charge is -2.45. The van der Waals surface area contributed by atoms with Crippen molar-refractivity contribution in [2.75, 3.05) is 20.5 Å². The monoisotopic (exact) mass is 1060 g/mol. The van der Waals surface area contributed by atoms with E-state index in [1.807, 2.05) is 38.1 Å². The number of hydrogen-bond donors (Lipinski definition) is 0. The molecule has 0 aromatic heterocycles. The van der Waals surface area contributed by atoms with E-state index in [1.165, 1.54) is 10.4 Å². The Balaban J connectivity index is 1.52. The maximum Gasteiger partial charge on any atom is 0.310 e. The van der Waals surface area contributed by atoms with Gasteiger partial charge in [-0.25, -0.2) is 0 Å². The van der Waals surface area contributed by atoms with Gasteiger partial charge in [-0.1, -0.05) is 171 Å². The number of benzene rings is 4. The van der Waals surface area contributed by atoms with Crippen molar-refractivity contribution in [3.8, 4) is 5.75 Å². The van der Waals surface area contributed by atoms with E-state index in [1.54, 1.807) is 24.9 Å². The number of carbonyl (C=O) groups excluding carboxylic acids is 1. The van der Waals surface area contributed by atoms with E-state index in [9.17, 15) is 4.79 Å². The standard InChI is InChI=1S/C58H85ClO8SSi3/c1-42(43(2)66-71(57(6,7)8,46-28-22-18-23-29-46)47-30-24-19-25-31-47)32-33-51(67-70(15,16)56(3,4)5)55-50(64-58(9,10)65-55)34-35-53(68-45-26-20-17-21-27-45)49-38-44(59)39-52(63-41-61-11)48(49)40-54(60)62-36-37-69(12,13)14/h17-33,38-39,42-43,50-51,53,55H,34-37,40-41H2,1-16H3/b33-32-/t42-,43+,50+,51?,53?,55+/m1/s1. The molecule has 1 saturated heterocycles. The third-order valence-electron chi connectivity index (χ3n) is 14.0. The molecule has 0 amide bonds. The summed E-state index contributed by atoms with van der Waals surface area (Å²) >= 11 is 8.67. The predicted octanol–water partition coefficient (Wildman–Crippen LogP) is 14.4. The first kappa shape index (κ1) is 58.9. The largest absolute Gasteiger partial charge is 0.467 e. The van der Waals surface area contributed by atoms with Crippen LogP contribution >= 0.6 is 23.4 Å². The molecule has 2 unspecified atom stereocenters. The molecular formula is C58H85ClO8SSi3. The molecular weight excluding hydrogens is 976 g/mol. The van der Waals surface area contributed by atoms with Gasteiger partial charge in [-0.2, -0.15) is 0 Å². The maximum atomic E-state index is 13.7. The molecule has 0 spiro atoms. The molecule has 6 atom stereocenters. The number of ether oxygens (including phenoxy) is 5. The summed E-state index contributed by atoms with van der Waals surface area (Å²) < 4.78 is 46.3. The normalized spacial score (nSPS) is 18.5. The highest BCUT2D eigenvalue weighted by Crippen LogP contribution is 2.47. The van der Waals surface area contributed by atoms with E-state index in [0.717, 1.165) is 22.1 Å². The van der Waals surface area contributed by atoms with Crippen LogP contribution in [0, 0.1) is 5.92 Å². The van der Waals surface area contributed by atoms with Crippen LogP contribution in [-0.4, -0.2) is 81.4 Å². The Morgan fingerprint density at radius 3 is 1.92 bits per heavy atom. The summed E-state index contributed by atoms with van der Waals surface area (Å²) in [5.41, 5.74) is 1.65. The van der Waals surface area contributed by atoms with E-state index >= 15 is 0 Å². The van der Waals surface area contributed by atoms with Crippen molar-refractivity contribution in [1.82, 2.24) is 0 Å². The highest BCUT2D eigenvalue weighted by molar-refractivity contribution is 7.99. The number of halogens is 1. The van der Waals surface area contributed by atoms with Crippen molar-refractivity contribution in [1.29, 1.82) is 0 Å². The molecule has 1 aliphatic rings. The average Bonchev–Trinajstić information content (AvgIpc) is 3.61. The molecule has 0 aliphatic carbocycles. The molecule has 4 aromatic rings. The van der Waals surface area contributed by atoms with E-state index in [-0.39, 0.29) is 52.6 Å². The molecule has 13 heteroatoms. The Bertz CT molecular complexity index is 2270. The maximum absolute atomic E-state index is 13.7. The van der Waals surface area contributed by atoms with Crippen LogP contribution in [0.3, 0.4) is 0 Å². The molecule has 390 valence electrons. The molecule has 71 heavy (non-hydrogen) atoms. The quantitative estimate of drug-likeness (QED) is 0.0224. The first-order valence-corrected chi connectivity index (χ1v) is 35.3. The first-order valence-electron chi connectivity index (χ1n) is 25.5. The summed E-state index contributed by atoms with van der Waals surface area (Å²) in [5, 5.41) is 2.64. The number of rotatable bonds is 24. The molecule has 0 bridgehead atoms. The van der Waals surface area contributed by atoms with Crippen molar-refractivity contribution >= 4 is 64.4 Å². The SMILES string of the molecule is COCOc1cc(Cl)cc(C(CC[C@@H]2OC(C)(C)O[C@@H]2C(/C=C\[C@@H](C)[C@H](C)O[Si](c2ccccc2)(c2ccccc2)C(C)(C)C)O[Si](C)(C)C(C)(C)C)Sc2ccccc2)c1CC(=O)OCC[Si](C)(C)C. The number of methoxy groups -OCH3 is 1. The third kappa shape index (κ3) is 16.2. The lowest BCUT2D eigenvalue weighted by atomic mass is 9.95. The van der Waals surface area contributed by atoms with Crippen LogP contribution in [0.5, 0.6) is 5.75 Å². The third-order valence-corrected chi connectivity index (χ3v) is 26.8. The second-order valence-corrected chi connectivity index (χ2v) is 39.8. The highest BCUT2D eigenvalue weighted by Gasteiger charge is 2.52. The van der Waals surface area contributed by atoms with Gasteiger partial charge in [0.1, 0.15) is 11.9 Å². The minimum absolute atomic E-state index is 0.00404. The fourth-order valence-corrected chi connectivity index (χ4v) is 17.1. The van der Waals surface area contributed by atoms with Crippen LogP contribution < -0.4 is 15.1 Å². The van der Waals surface area contributed by atoms with E-state index in [4.69, 9.17) is 44.1 Å². The number of thioether (sulfide) groups is 1. The van der Waals surface area contributed by atoms with Gasteiger partial charge >= 0.3 is 5.97 Å². The van der Waals surface area contributed by atoms with Gasteiger partial charge in [0.25, 0.3) is 8.32 Å². The molecule has 5 rings (SSSR count). The van der Waals surface area contributed by atoms with Crippen molar-refractivity contribution in [3.05, 3.63) is 131 Å².